The molecule has 0 aliphatic carbocycles. The molecule has 0 saturated carbocycles. The van der Waals surface area contributed by atoms with Crippen LogP contribution in [0.3, 0.4) is 0 Å². The minimum atomic E-state index is -1.03. The highest BCUT2D eigenvalue weighted by atomic mass is 35.5. The Morgan fingerprint density at radius 2 is 1.88 bits per heavy atom. The summed E-state index contributed by atoms with van der Waals surface area (Å²) >= 11 is 7.07. The van der Waals surface area contributed by atoms with Crippen LogP contribution >= 0.6 is 22.9 Å². The molecule has 0 bridgehead atoms. The van der Waals surface area contributed by atoms with E-state index in [-0.39, 0.29) is 10.7 Å². The Kier molecular flexibility index (Phi) is 4.83. The van der Waals surface area contributed by atoms with E-state index in [9.17, 15) is 9.59 Å². The zero-order chi connectivity index (χ0) is 18.0. The van der Waals surface area contributed by atoms with E-state index in [2.05, 4.69) is 10.3 Å². The lowest BCUT2D eigenvalue weighted by Crippen LogP contribution is -2.05. The van der Waals surface area contributed by atoms with Gasteiger partial charge >= 0.3 is 5.97 Å². The first-order chi connectivity index (χ1) is 12.0. The van der Waals surface area contributed by atoms with E-state index in [0.717, 1.165) is 11.3 Å². The van der Waals surface area contributed by atoms with Gasteiger partial charge in [0.2, 0.25) is 0 Å². The van der Waals surface area contributed by atoms with Crippen LogP contribution in [0.4, 0.5) is 10.8 Å². The molecule has 0 aliphatic rings. The Labute approximate surface area is 152 Å². The van der Waals surface area contributed by atoms with Gasteiger partial charge in [-0.3, -0.25) is 4.79 Å². The number of nitrogens with zero attached hydrogens (tertiary/aromatic N) is 1. The average Bonchev–Trinajstić information content (AvgIpc) is 2.97. The molecule has 7 heteroatoms. The van der Waals surface area contributed by atoms with Crippen LogP contribution in [0.1, 0.15) is 31.3 Å². The highest BCUT2D eigenvalue weighted by Gasteiger charge is 2.18. The summed E-state index contributed by atoms with van der Waals surface area (Å²) in [7, 11) is 0. The lowest BCUT2D eigenvalue weighted by molar-refractivity contribution is 0.0701. The van der Waals surface area contributed by atoms with Crippen LogP contribution in [0.25, 0.3) is 0 Å². The van der Waals surface area contributed by atoms with Crippen molar-refractivity contribution in [3.05, 3.63) is 75.3 Å². The molecular formula is C18H13ClN2O3S. The van der Waals surface area contributed by atoms with E-state index in [1.54, 1.807) is 49.4 Å². The van der Waals surface area contributed by atoms with Crippen molar-refractivity contribution in [3.8, 4) is 0 Å². The molecule has 2 aromatic carbocycles. The number of aromatic nitrogens is 1. The van der Waals surface area contributed by atoms with Crippen molar-refractivity contribution in [1.82, 2.24) is 4.98 Å². The molecule has 25 heavy (non-hydrogen) atoms. The van der Waals surface area contributed by atoms with Crippen molar-refractivity contribution in [3.63, 3.8) is 0 Å². The Morgan fingerprint density at radius 1 is 1.16 bits per heavy atom. The summed E-state index contributed by atoms with van der Waals surface area (Å²) in [6.45, 7) is 1.63. The molecule has 2 N–H and O–H groups in total. The fraction of sp³-hybridized carbons (Fsp3) is 0.0556. The number of carboxylic acid groups (broad SMARTS) is 1. The number of aromatic carboxylic acids is 1. The van der Waals surface area contributed by atoms with Gasteiger partial charge < -0.3 is 10.4 Å². The molecule has 0 unspecified atom stereocenters. The summed E-state index contributed by atoms with van der Waals surface area (Å²) in [6.07, 6.45) is 0. The second-order valence-corrected chi connectivity index (χ2v) is 6.68. The molecule has 126 valence electrons. The first-order valence-corrected chi connectivity index (χ1v) is 8.52. The maximum atomic E-state index is 12.8. The van der Waals surface area contributed by atoms with Gasteiger partial charge in [-0.15, -0.1) is 0 Å². The summed E-state index contributed by atoms with van der Waals surface area (Å²) in [4.78, 5) is 28.3. The fourth-order valence-electron chi connectivity index (χ4n) is 2.32. The Hall–Kier alpha value is -2.70. The smallest absolute Gasteiger partial charge is 0.347 e. The second-order valence-electron chi connectivity index (χ2n) is 5.25. The first kappa shape index (κ1) is 17.1. The number of carboxylic acids is 1. The second kappa shape index (κ2) is 7.04. The van der Waals surface area contributed by atoms with Gasteiger partial charge in [0.1, 0.15) is 4.88 Å². The van der Waals surface area contributed by atoms with Crippen LogP contribution in [-0.4, -0.2) is 21.8 Å². The van der Waals surface area contributed by atoms with Gasteiger partial charge in [0.05, 0.1) is 11.4 Å². The molecule has 0 radical (unpaired) electrons. The van der Waals surface area contributed by atoms with Gasteiger partial charge in [-0.1, -0.05) is 53.3 Å². The van der Waals surface area contributed by atoms with Crippen LogP contribution < -0.4 is 5.32 Å². The lowest BCUT2D eigenvalue weighted by Gasteiger charge is -2.10. The zero-order valence-electron chi connectivity index (χ0n) is 13.1. The average molecular weight is 373 g/mol. The minimum absolute atomic E-state index is 0.160. The summed E-state index contributed by atoms with van der Waals surface area (Å²) in [5, 5.41) is 13.0. The molecule has 0 fully saturated rings. The molecule has 1 heterocycles. The van der Waals surface area contributed by atoms with E-state index < -0.39 is 5.97 Å². The third kappa shape index (κ3) is 3.70. The quantitative estimate of drug-likeness (QED) is 0.630. The van der Waals surface area contributed by atoms with Gasteiger partial charge in [-0.25, -0.2) is 9.78 Å². The van der Waals surface area contributed by atoms with Gasteiger partial charge in [-0.2, -0.15) is 0 Å². The van der Waals surface area contributed by atoms with Gasteiger partial charge in [-0.05, 0) is 25.1 Å². The Morgan fingerprint density at radius 3 is 2.52 bits per heavy atom. The number of carbonyl (C=O) groups is 2. The summed E-state index contributed by atoms with van der Waals surface area (Å²) in [5.74, 6) is -1.21. The van der Waals surface area contributed by atoms with Crippen molar-refractivity contribution in [2.45, 2.75) is 6.92 Å². The number of nitrogens with one attached hydrogen (secondary N) is 1. The Bertz CT molecular complexity index is 954. The third-order valence-electron chi connectivity index (χ3n) is 3.49. The van der Waals surface area contributed by atoms with Crippen LogP contribution in [0, 0.1) is 6.92 Å². The predicted molar refractivity (Wildman–Crippen MR) is 98.4 cm³/mol. The number of hydrogen-bond donors (Lipinski definition) is 2. The third-order valence-corrected chi connectivity index (χ3v) is 4.79. The number of benzene rings is 2. The molecule has 3 aromatic rings. The molecule has 3 rings (SSSR count). The predicted octanol–water partition coefficient (Wildman–Crippen LogP) is 4.78. The number of halogens is 1. The highest BCUT2D eigenvalue weighted by molar-refractivity contribution is 7.17. The topological polar surface area (TPSA) is 79.3 Å². The minimum Gasteiger partial charge on any atom is -0.477 e. The number of anilines is 2. The SMILES string of the molecule is Cc1nc(Nc2ccc(Cl)cc2C(=O)c2ccccc2)sc1C(=O)O. The van der Waals surface area contributed by atoms with Gasteiger partial charge in [0, 0.05) is 16.1 Å². The number of aryl methyl sites for hydroxylation is 1. The van der Waals surface area contributed by atoms with Crippen molar-refractivity contribution in [1.29, 1.82) is 0 Å². The molecule has 0 atom stereocenters. The number of carbonyl (C=O) groups excluding carboxylic acids is 1. The van der Waals surface area contributed by atoms with Crippen LogP contribution in [0.15, 0.2) is 48.5 Å². The van der Waals surface area contributed by atoms with E-state index in [4.69, 9.17) is 16.7 Å². The van der Waals surface area contributed by atoms with Crippen LogP contribution in [0.2, 0.25) is 5.02 Å². The first-order valence-electron chi connectivity index (χ1n) is 7.33. The van der Waals surface area contributed by atoms with Crippen LogP contribution in [-0.2, 0) is 0 Å². The Balaban J connectivity index is 1.99. The summed E-state index contributed by atoms with van der Waals surface area (Å²) < 4.78 is 0. The summed E-state index contributed by atoms with van der Waals surface area (Å²) in [5.41, 5.74) is 1.87. The normalized spacial score (nSPS) is 10.5. The number of thiazole rings is 1. The number of hydrogen-bond acceptors (Lipinski definition) is 5. The van der Waals surface area contributed by atoms with Crippen LogP contribution in [0.5, 0.6) is 0 Å². The summed E-state index contributed by atoms with van der Waals surface area (Å²) in [6, 6.07) is 13.8. The molecule has 0 saturated heterocycles. The van der Waals surface area contributed by atoms with Crippen molar-refractivity contribution >= 4 is 45.5 Å². The monoisotopic (exact) mass is 372 g/mol. The van der Waals surface area contributed by atoms with E-state index in [0.29, 0.717) is 32.7 Å². The number of ketones is 1. The molecule has 0 spiro atoms. The number of rotatable bonds is 5. The van der Waals surface area contributed by atoms with Crippen molar-refractivity contribution in [2.24, 2.45) is 0 Å². The molecule has 5 nitrogen and oxygen atoms in total. The lowest BCUT2D eigenvalue weighted by atomic mass is 10.0. The van der Waals surface area contributed by atoms with E-state index >= 15 is 0 Å². The fourth-order valence-corrected chi connectivity index (χ4v) is 3.31. The maximum Gasteiger partial charge on any atom is 0.347 e. The standard InChI is InChI=1S/C18H13ClN2O3S/c1-10-16(17(23)24)25-18(20-10)21-14-8-7-12(19)9-13(14)15(22)11-5-3-2-4-6-11/h2-9H,1H3,(H,20,21)(H,23,24). The van der Waals surface area contributed by atoms with Gasteiger partial charge in [0.15, 0.2) is 10.9 Å². The van der Waals surface area contributed by atoms with Crippen molar-refractivity contribution < 1.29 is 14.7 Å². The van der Waals surface area contributed by atoms with E-state index in [1.807, 2.05) is 6.07 Å². The molecule has 0 amide bonds. The molecule has 1 aromatic heterocycles. The molecule has 0 aliphatic heterocycles. The molecular weight excluding hydrogens is 360 g/mol. The maximum absolute atomic E-state index is 12.8. The largest absolute Gasteiger partial charge is 0.477 e. The highest BCUT2D eigenvalue weighted by Crippen LogP contribution is 2.30. The van der Waals surface area contributed by atoms with Gasteiger partial charge in [0.25, 0.3) is 0 Å². The zero-order valence-corrected chi connectivity index (χ0v) is 14.7. The van der Waals surface area contributed by atoms with Crippen molar-refractivity contribution in [2.75, 3.05) is 5.32 Å². The van der Waals surface area contributed by atoms with E-state index in [1.165, 1.54) is 0 Å².